The van der Waals surface area contributed by atoms with Gasteiger partial charge in [0.2, 0.25) is 6.29 Å². The molecule has 0 fully saturated rings. The van der Waals surface area contributed by atoms with Gasteiger partial charge in [-0.1, -0.05) is 38.2 Å². The summed E-state index contributed by atoms with van der Waals surface area (Å²) in [5, 5.41) is 0. The van der Waals surface area contributed by atoms with Gasteiger partial charge in [0.15, 0.2) is 0 Å². The van der Waals surface area contributed by atoms with E-state index in [1.54, 1.807) is 6.29 Å². The van der Waals surface area contributed by atoms with Gasteiger partial charge < -0.3 is 0 Å². The van der Waals surface area contributed by atoms with Crippen LogP contribution in [-0.4, -0.2) is 12.1 Å². The number of allylic oxidation sites excluding steroid dienone is 1. The van der Waals surface area contributed by atoms with Crippen LogP contribution in [-0.2, 0) is 9.59 Å². The molecule has 0 atom stereocenters. The molecule has 0 aliphatic rings. The van der Waals surface area contributed by atoms with Gasteiger partial charge in [0.05, 0.1) is 6.42 Å². The average Bonchev–Trinajstić information content (AvgIpc) is 2.27. The summed E-state index contributed by atoms with van der Waals surface area (Å²) in [4.78, 5) is 20.9. The Hall–Kier alpha value is -0.920. The molecule has 0 spiro atoms. The van der Waals surface area contributed by atoms with Crippen LogP contribution in [0.4, 0.5) is 0 Å². The van der Waals surface area contributed by atoms with E-state index in [4.69, 9.17) is 0 Å². The summed E-state index contributed by atoms with van der Waals surface area (Å²) in [7, 11) is 0. The monoisotopic (exact) mass is 223 g/mol. The van der Waals surface area contributed by atoms with Crippen molar-refractivity contribution in [2.75, 3.05) is 0 Å². The van der Waals surface area contributed by atoms with E-state index in [0.29, 0.717) is 6.42 Å². The van der Waals surface area contributed by atoms with Crippen molar-refractivity contribution in [3.8, 4) is 0 Å². The van der Waals surface area contributed by atoms with Gasteiger partial charge in [-0.2, -0.15) is 0 Å². The molecule has 1 radical (unpaired) electrons. The molecule has 0 aromatic carbocycles. The fourth-order valence-electron chi connectivity index (χ4n) is 1.66. The van der Waals surface area contributed by atoms with Gasteiger partial charge in [-0.05, 0) is 19.3 Å². The second kappa shape index (κ2) is 12.2. The van der Waals surface area contributed by atoms with Crippen molar-refractivity contribution in [3.63, 3.8) is 0 Å². The number of carbonyl (C=O) groups excluding carboxylic acids is 2. The van der Waals surface area contributed by atoms with Gasteiger partial charge in [0, 0.05) is 6.42 Å². The van der Waals surface area contributed by atoms with E-state index in [0.717, 1.165) is 19.3 Å². The number of Topliss-reactive ketones (excluding diaryl/α,β-unsaturated/α-hetero) is 1. The van der Waals surface area contributed by atoms with E-state index >= 15 is 0 Å². The molecule has 16 heavy (non-hydrogen) atoms. The summed E-state index contributed by atoms with van der Waals surface area (Å²) < 4.78 is 0. The number of rotatable bonds is 12. The Kier molecular flexibility index (Phi) is 11.5. The van der Waals surface area contributed by atoms with Crippen molar-refractivity contribution in [2.24, 2.45) is 0 Å². The zero-order chi connectivity index (χ0) is 12.1. The predicted octanol–water partition coefficient (Wildman–Crippen LogP) is 3.75. The van der Waals surface area contributed by atoms with E-state index in [9.17, 15) is 9.59 Å². The first-order valence-corrected chi connectivity index (χ1v) is 6.29. The quantitative estimate of drug-likeness (QED) is 0.287. The standard InChI is InChI=1S/C14H23O2/c1-2-3-4-5-6-7-8-9-10-11-14(16)12-13-15/h2H,1,3-12H2. The van der Waals surface area contributed by atoms with Crippen molar-refractivity contribution >= 4 is 12.1 Å². The molecule has 91 valence electrons. The molecular weight excluding hydrogens is 200 g/mol. The van der Waals surface area contributed by atoms with Crippen molar-refractivity contribution in [2.45, 2.75) is 64.2 Å². The molecule has 0 heterocycles. The Morgan fingerprint density at radius 3 is 2.12 bits per heavy atom. The van der Waals surface area contributed by atoms with Crippen LogP contribution in [0, 0.1) is 0 Å². The van der Waals surface area contributed by atoms with Crippen molar-refractivity contribution < 1.29 is 9.59 Å². The summed E-state index contributed by atoms with van der Waals surface area (Å²) in [6, 6.07) is 0. The van der Waals surface area contributed by atoms with Gasteiger partial charge in [-0.15, -0.1) is 6.58 Å². The molecule has 0 bridgehead atoms. The van der Waals surface area contributed by atoms with E-state index in [1.807, 2.05) is 6.08 Å². The van der Waals surface area contributed by atoms with E-state index < -0.39 is 0 Å². The van der Waals surface area contributed by atoms with E-state index in [-0.39, 0.29) is 12.2 Å². The summed E-state index contributed by atoms with van der Waals surface area (Å²) in [5.41, 5.74) is 0. The van der Waals surface area contributed by atoms with Crippen LogP contribution in [0.2, 0.25) is 0 Å². The SMILES string of the molecule is C=CCCCCCCCCCC(=O)C[C]=O. The maximum atomic E-state index is 11.0. The summed E-state index contributed by atoms with van der Waals surface area (Å²) in [6.07, 6.45) is 13.5. The predicted molar refractivity (Wildman–Crippen MR) is 67.1 cm³/mol. The number of hydrogen-bond acceptors (Lipinski definition) is 2. The molecule has 0 unspecified atom stereocenters. The molecule has 0 aromatic rings. The minimum Gasteiger partial charge on any atom is -0.299 e. The lowest BCUT2D eigenvalue weighted by atomic mass is 10.1. The van der Waals surface area contributed by atoms with Crippen molar-refractivity contribution in [3.05, 3.63) is 12.7 Å². The first kappa shape index (κ1) is 15.1. The average molecular weight is 223 g/mol. The maximum absolute atomic E-state index is 11.0. The number of ketones is 1. The lowest BCUT2D eigenvalue weighted by Crippen LogP contribution is -1.97. The highest BCUT2D eigenvalue weighted by Crippen LogP contribution is 2.10. The van der Waals surface area contributed by atoms with Crippen LogP contribution in [0.1, 0.15) is 64.2 Å². The number of unbranched alkanes of at least 4 members (excludes halogenated alkanes) is 7. The van der Waals surface area contributed by atoms with Gasteiger partial charge >= 0.3 is 0 Å². The third-order valence-corrected chi connectivity index (χ3v) is 2.63. The van der Waals surface area contributed by atoms with Gasteiger partial charge in [0.25, 0.3) is 0 Å². The normalized spacial score (nSPS) is 10.0. The zero-order valence-electron chi connectivity index (χ0n) is 10.2. The molecule has 0 rings (SSSR count). The van der Waals surface area contributed by atoms with E-state index in [1.165, 1.54) is 32.1 Å². The zero-order valence-corrected chi connectivity index (χ0v) is 10.2. The Morgan fingerprint density at radius 2 is 1.56 bits per heavy atom. The molecule has 0 N–H and O–H groups in total. The van der Waals surface area contributed by atoms with Crippen LogP contribution < -0.4 is 0 Å². The van der Waals surface area contributed by atoms with Crippen LogP contribution >= 0.6 is 0 Å². The molecule has 0 saturated heterocycles. The highest BCUT2D eigenvalue weighted by atomic mass is 16.1. The molecule has 0 aliphatic carbocycles. The summed E-state index contributed by atoms with van der Waals surface area (Å²) >= 11 is 0. The van der Waals surface area contributed by atoms with Gasteiger partial charge in [-0.3, -0.25) is 9.59 Å². The largest absolute Gasteiger partial charge is 0.299 e. The lowest BCUT2D eigenvalue weighted by molar-refractivity contribution is -0.118. The molecule has 0 aliphatic heterocycles. The number of hydrogen-bond donors (Lipinski definition) is 0. The minimum absolute atomic E-state index is 0.0262. The highest BCUT2D eigenvalue weighted by molar-refractivity contribution is 5.89. The topological polar surface area (TPSA) is 34.1 Å². The fraction of sp³-hybridized carbons (Fsp3) is 0.714. The third-order valence-electron chi connectivity index (χ3n) is 2.63. The van der Waals surface area contributed by atoms with Gasteiger partial charge in [0.1, 0.15) is 5.78 Å². The number of carbonyl (C=O) groups is 1. The summed E-state index contributed by atoms with van der Waals surface area (Å²) in [5.74, 6) is 0.0287. The van der Waals surface area contributed by atoms with Crippen molar-refractivity contribution in [1.82, 2.24) is 0 Å². The Balaban J connectivity index is 3.06. The smallest absolute Gasteiger partial charge is 0.206 e. The molecule has 0 saturated carbocycles. The fourth-order valence-corrected chi connectivity index (χ4v) is 1.66. The van der Waals surface area contributed by atoms with E-state index in [2.05, 4.69) is 6.58 Å². The minimum atomic E-state index is -0.0262. The summed E-state index contributed by atoms with van der Waals surface area (Å²) in [6.45, 7) is 3.69. The van der Waals surface area contributed by atoms with Crippen LogP contribution in [0.5, 0.6) is 0 Å². The first-order chi connectivity index (χ1) is 7.81. The maximum Gasteiger partial charge on any atom is 0.206 e. The third kappa shape index (κ3) is 11.2. The Morgan fingerprint density at radius 1 is 1.00 bits per heavy atom. The second-order valence-electron chi connectivity index (χ2n) is 4.16. The second-order valence-corrected chi connectivity index (χ2v) is 4.16. The molecule has 2 heteroatoms. The highest BCUT2D eigenvalue weighted by Gasteiger charge is 2.00. The molecule has 2 nitrogen and oxygen atoms in total. The van der Waals surface area contributed by atoms with Crippen molar-refractivity contribution in [1.29, 1.82) is 0 Å². The van der Waals surface area contributed by atoms with Crippen LogP contribution in [0.25, 0.3) is 0 Å². The van der Waals surface area contributed by atoms with Crippen LogP contribution in [0.3, 0.4) is 0 Å². The van der Waals surface area contributed by atoms with Gasteiger partial charge in [-0.25, -0.2) is 0 Å². The molecule has 0 aromatic heterocycles. The molecule has 0 amide bonds. The lowest BCUT2D eigenvalue weighted by Gasteiger charge is -2.00. The van der Waals surface area contributed by atoms with Crippen LogP contribution in [0.15, 0.2) is 12.7 Å². The Labute approximate surface area is 99.1 Å². The molecular formula is C14H23O2. The Bertz CT molecular complexity index is 197. The first-order valence-electron chi connectivity index (χ1n) is 6.29.